The van der Waals surface area contributed by atoms with Gasteiger partial charge in [-0.2, -0.15) is 0 Å². The highest BCUT2D eigenvalue weighted by molar-refractivity contribution is 5.90. The van der Waals surface area contributed by atoms with Gasteiger partial charge in [0.05, 0.1) is 5.41 Å². The third kappa shape index (κ3) is 4.30. The van der Waals surface area contributed by atoms with E-state index in [1.807, 2.05) is 18.5 Å². The van der Waals surface area contributed by atoms with Crippen molar-refractivity contribution in [2.24, 2.45) is 0 Å². The first-order valence-corrected chi connectivity index (χ1v) is 14.5. The molecule has 0 N–H and O–H groups in total. The highest BCUT2D eigenvalue weighted by atomic mass is 14.6. The predicted octanol–water partition coefficient (Wildman–Crippen LogP) is 9.24. The van der Waals surface area contributed by atoms with Crippen molar-refractivity contribution >= 4 is 0 Å². The average Bonchev–Trinajstić information content (AvgIpc) is 3.31. The molecule has 0 saturated carbocycles. The maximum absolute atomic E-state index is 4.43. The van der Waals surface area contributed by atoms with Crippen LogP contribution in [0.1, 0.15) is 55.6 Å². The molecule has 0 atom stereocenters. The summed E-state index contributed by atoms with van der Waals surface area (Å²) in [4.78, 5) is 4.43. The molecule has 7 rings (SSSR count). The van der Waals surface area contributed by atoms with Gasteiger partial charge < -0.3 is 0 Å². The second-order valence-electron chi connectivity index (χ2n) is 11.4. The van der Waals surface area contributed by atoms with Crippen LogP contribution in [0, 0.1) is 13.8 Å². The summed E-state index contributed by atoms with van der Waals surface area (Å²) in [5.74, 6) is 0. The third-order valence-corrected chi connectivity index (χ3v) is 8.57. The number of pyridine rings is 1. The Morgan fingerprint density at radius 3 is 1.56 bits per heavy atom. The van der Waals surface area contributed by atoms with Crippen LogP contribution in [-0.4, -0.2) is 4.98 Å². The van der Waals surface area contributed by atoms with E-state index in [2.05, 4.69) is 140 Å². The molecule has 1 aromatic heterocycles. The van der Waals surface area contributed by atoms with E-state index in [0.717, 1.165) is 12.8 Å². The summed E-state index contributed by atoms with van der Waals surface area (Å²) in [5.41, 5.74) is 15.6. The van der Waals surface area contributed by atoms with Crippen LogP contribution >= 0.6 is 0 Å². The van der Waals surface area contributed by atoms with Crippen LogP contribution in [-0.2, 0) is 18.3 Å². The molecule has 0 radical (unpaired) electrons. The van der Waals surface area contributed by atoms with Crippen molar-refractivity contribution in [3.8, 4) is 11.1 Å². The van der Waals surface area contributed by atoms with Crippen LogP contribution in [0.3, 0.4) is 0 Å². The summed E-state index contributed by atoms with van der Waals surface area (Å²) in [6, 6.07) is 47.2. The van der Waals surface area contributed by atoms with Gasteiger partial charge in [-0.15, -0.1) is 0 Å². The lowest BCUT2D eigenvalue weighted by molar-refractivity contribution is 0.767. The number of benzene rings is 5. The average molecular weight is 528 g/mol. The zero-order valence-electron chi connectivity index (χ0n) is 23.6. The normalized spacial score (nSPS) is 13.0. The number of fused-ring (bicyclic) bond motifs is 3. The maximum Gasteiger partial charge on any atom is 0.0713 e. The van der Waals surface area contributed by atoms with Crippen molar-refractivity contribution in [3.05, 3.63) is 195 Å². The molecule has 0 spiro atoms. The van der Waals surface area contributed by atoms with Gasteiger partial charge in [0.1, 0.15) is 0 Å². The number of nitrogens with zero attached hydrogens (tertiary/aromatic N) is 1. The Bertz CT molecular complexity index is 1780. The molecule has 0 saturated heterocycles. The van der Waals surface area contributed by atoms with Crippen LogP contribution in [0.15, 0.2) is 140 Å². The summed E-state index contributed by atoms with van der Waals surface area (Å²) >= 11 is 0. The molecule has 0 unspecified atom stereocenters. The molecule has 0 fully saturated rings. The van der Waals surface area contributed by atoms with Crippen molar-refractivity contribution in [1.82, 2.24) is 4.98 Å². The molecule has 1 aliphatic carbocycles. The van der Waals surface area contributed by atoms with E-state index in [4.69, 9.17) is 0 Å². The first kappa shape index (κ1) is 25.2. The van der Waals surface area contributed by atoms with Crippen LogP contribution in [0.2, 0.25) is 0 Å². The van der Waals surface area contributed by atoms with Crippen molar-refractivity contribution < 1.29 is 0 Å². The molecular weight excluding hydrogens is 494 g/mol. The smallest absolute Gasteiger partial charge is 0.0713 e. The largest absolute Gasteiger partial charge is 0.264 e. The zero-order valence-corrected chi connectivity index (χ0v) is 23.6. The minimum Gasteiger partial charge on any atom is -0.264 e. The van der Waals surface area contributed by atoms with Crippen LogP contribution in [0.5, 0.6) is 0 Å². The molecule has 1 nitrogen and oxygen atoms in total. The molecule has 0 bridgehead atoms. The second kappa shape index (κ2) is 10.3. The molecule has 6 aromatic rings. The minimum absolute atomic E-state index is 0.406. The van der Waals surface area contributed by atoms with Gasteiger partial charge >= 0.3 is 0 Å². The molecule has 5 aromatic carbocycles. The summed E-state index contributed by atoms with van der Waals surface area (Å²) in [6.45, 7) is 4.39. The fourth-order valence-corrected chi connectivity index (χ4v) is 7.13. The molecule has 41 heavy (non-hydrogen) atoms. The summed E-state index contributed by atoms with van der Waals surface area (Å²) in [5, 5.41) is 0. The fraction of sp³-hybridized carbons (Fsp3) is 0.125. The Hall–Kier alpha value is -4.75. The number of rotatable bonds is 6. The molecular formula is C40H33N. The van der Waals surface area contributed by atoms with Crippen LogP contribution in [0.4, 0.5) is 0 Å². The van der Waals surface area contributed by atoms with Crippen molar-refractivity contribution in [3.63, 3.8) is 0 Å². The summed E-state index contributed by atoms with van der Waals surface area (Å²) in [6.07, 6.45) is 5.59. The number of aryl methyl sites for hydroxylation is 2. The van der Waals surface area contributed by atoms with E-state index in [9.17, 15) is 0 Å². The predicted molar refractivity (Wildman–Crippen MR) is 170 cm³/mol. The van der Waals surface area contributed by atoms with Gasteiger partial charge in [0.15, 0.2) is 0 Å². The Labute approximate surface area is 243 Å². The minimum atomic E-state index is -0.406. The van der Waals surface area contributed by atoms with Gasteiger partial charge in [-0.05, 0) is 88.4 Å². The molecule has 1 aliphatic rings. The zero-order chi connectivity index (χ0) is 27.8. The standard InChI is InChI=1S/C40H33N/c1-28-22-29(2)24-31(23-28)26-33-14-10-20-37-39(33)38-32(25-30-12-11-21-41-27-30)13-9-19-36(38)40(37,34-15-5-3-6-16-34)35-17-7-4-8-18-35/h3-24,27H,25-26H2,1-2H3. The highest BCUT2D eigenvalue weighted by Gasteiger charge is 2.47. The van der Waals surface area contributed by atoms with E-state index < -0.39 is 5.41 Å². The van der Waals surface area contributed by atoms with Gasteiger partial charge in [-0.3, -0.25) is 4.98 Å². The molecule has 1 heteroatoms. The summed E-state index contributed by atoms with van der Waals surface area (Å²) in [7, 11) is 0. The Balaban J connectivity index is 1.56. The quantitative estimate of drug-likeness (QED) is 0.210. The summed E-state index contributed by atoms with van der Waals surface area (Å²) < 4.78 is 0. The number of aromatic nitrogens is 1. The maximum atomic E-state index is 4.43. The Morgan fingerprint density at radius 2 is 1.05 bits per heavy atom. The first-order valence-electron chi connectivity index (χ1n) is 14.5. The van der Waals surface area contributed by atoms with Crippen LogP contribution in [0.25, 0.3) is 11.1 Å². The van der Waals surface area contributed by atoms with E-state index in [1.54, 1.807) is 0 Å². The van der Waals surface area contributed by atoms with E-state index in [-0.39, 0.29) is 0 Å². The molecule has 198 valence electrons. The fourth-order valence-electron chi connectivity index (χ4n) is 7.13. The van der Waals surface area contributed by atoms with E-state index in [1.165, 1.54) is 66.8 Å². The molecule has 1 heterocycles. The van der Waals surface area contributed by atoms with Crippen molar-refractivity contribution in [2.45, 2.75) is 32.1 Å². The third-order valence-electron chi connectivity index (χ3n) is 8.57. The second-order valence-corrected chi connectivity index (χ2v) is 11.4. The Morgan fingerprint density at radius 1 is 0.512 bits per heavy atom. The lowest BCUT2D eigenvalue weighted by atomic mass is 9.67. The van der Waals surface area contributed by atoms with Gasteiger partial charge in [0.2, 0.25) is 0 Å². The molecule has 0 amide bonds. The number of hydrogen-bond acceptors (Lipinski definition) is 1. The van der Waals surface area contributed by atoms with Gasteiger partial charge in [-0.25, -0.2) is 0 Å². The lowest BCUT2D eigenvalue weighted by Crippen LogP contribution is -2.28. The van der Waals surface area contributed by atoms with Gasteiger partial charge in [0.25, 0.3) is 0 Å². The van der Waals surface area contributed by atoms with E-state index >= 15 is 0 Å². The Kier molecular flexibility index (Phi) is 6.36. The SMILES string of the molecule is Cc1cc(C)cc(Cc2cccc3c2-c2c(Cc4cccnc4)cccc2C3(c2ccccc2)c2ccccc2)c1. The first-order chi connectivity index (χ1) is 20.1. The lowest BCUT2D eigenvalue weighted by Gasteiger charge is -2.34. The number of hydrogen-bond donors (Lipinski definition) is 0. The highest BCUT2D eigenvalue weighted by Crippen LogP contribution is 2.58. The molecule has 0 aliphatic heterocycles. The monoisotopic (exact) mass is 527 g/mol. The van der Waals surface area contributed by atoms with Crippen molar-refractivity contribution in [1.29, 1.82) is 0 Å². The van der Waals surface area contributed by atoms with Crippen molar-refractivity contribution in [2.75, 3.05) is 0 Å². The topological polar surface area (TPSA) is 12.9 Å². The van der Waals surface area contributed by atoms with Gasteiger partial charge in [-0.1, -0.05) is 132 Å². The van der Waals surface area contributed by atoms with Gasteiger partial charge in [0, 0.05) is 12.4 Å². The van der Waals surface area contributed by atoms with E-state index in [0.29, 0.717) is 0 Å². The van der Waals surface area contributed by atoms with Crippen LogP contribution < -0.4 is 0 Å².